The van der Waals surface area contributed by atoms with Crippen LogP contribution >= 0.6 is 11.3 Å². The number of rotatable bonds is 2. The Morgan fingerprint density at radius 1 is 1.00 bits per heavy atom. The molecule has 0 spiro atoms. The van der Waals surface area contributed by atoms with E-state index in [1.165, 1.54) is 0 Å². The highest BCUT2D eigenvalue weighted by atomic mass is 32.1. The maximum absolute atomic E-state index is 5.87. The van der Waals surface area contributed by atoms with Gasteiger partial charge in [-0.05, 0) is 35.4 Å². The van der Waals surface area contributed by atoms with Gasteiger partial charge < -0.3 is 5.73 Å². The van der Waals surface area contributed by atoms with Gasteiger partial charge in [0.05, 0.1) is 11.2 Å². The fourth-order valence-corrected chi connectivity index (χ4v) is 2.45. The van der Waals surface area contributed by atoms with E-state index >= 15 is 0 Å². The van der Waals surface area contributed by atoms with Crippen molar-refractivity contribution < 1.29 is 0 Å². The zero-order chi connectivity index (χ0) is 12.4. The molecule has 0 saturated heterocycles. The smallest absolute Gasteiger partial charge is 0.0818 e. The normalized spacial score (nSPS) is 10.4. The molecule has 0 saturated carbocycles. The molecule has 4 heteroatoms. The van der Waals surface area contributed by atoms with E-state index in [9.17, 15) is 0 Å². The average molecular weight is 253 g/mol. The molecule has 2 heterocycles. The third kappa shape index (κ3) is 1.98. The number of pyridine rings is 1. The monoisotopic (exact) mass is 253 g/mol. The maximum atomic E-state index is 5.87. The topological polar surface area (TPSA) is 51.8 Å². The van der Waals surface area contributed by atoms with Gasteiger partial charge in [0.15, 0.2) is 0 Å². The number of benzene rings is 1. The van der Waals surface area contributed by atoms with E-state index in [4.69, 9.17) is 5.73 Å². The molecule has 0 radical (unpaired) electrons. The third-order valence-electron chi connectivity index (χ3n) is 2.74. The lowest BCUT2D eigenvalue weighted by molar-refractivity contribution is 1.33. The van der Waals surface area contributed by atoms with Gasteiger partial charge in [0.25, 0.3) is 0 Å². The molecule has 2 N–H and O–H groups in total. The molecule has 0 fully saturated rings. The lowest BCUT2D eigenvalue weighted by Crippen LogP contribution is -1.90. The van der Waals surface area contributed by atoms with E-state index in [-0.39, 0.29) is 0 Å². The molecular formula is C14H11N3S. The minimum atomic E-state index is 0.746. The number of anilines is 1. The van der Waals surface area contributed by atoms with Crippen LogP contribution in [-0.4, -0.2) is 9.97 Å². The molecule has 88 valence electrons. The van der Waals surface area contributed by atoms with Crippen LogP contribution in [-0.2, 0) is 0 Å². The summed E-state index contributed by atoms with van der Waals surface area (Å²) in [5, 5.41) is 2.03. The van der Waals surface area contributed by atoms with E-state index in [0.29, 0.717) is 0 Å². The van der Waals surface area contributed by atoms with Crippen molar-refractivity contribution in [3.05, 3.63) is 53.6 Å². The summed E-state index contributed by atoms with van der Waals surface area (Å²) in [7, 11) is 0. The van der Waals surface area contributed by atoms with E-state index in [2.05, 4.69) is 9.97 Å². The highest BCUT2D eigenvalue weighted by Crippen LogP contribution is 2.33. The van der Waals surface area contributed by atoms with Crippen LogP contribution in [0, 0.1) is 0 Å². The summed E-state index contributed by atoms with van der Waals surface area (Å²) in [6.45, 7) is 0. The zero-order valence-electron chi connectivity index (χ0n) is 9.58. The molecule has 0 aliphatic rings. The summed E-state index contributed by atoms with van der Waals surface area (Å²) in [5.41, 5.74) is 12.7. The Kier molecular flexibility index (Phi) is 2.78. The molecule has 0 bridgehead atoms. The summed E-state index contributed by atoms with van der Waals surface area (Å²) in [6.07, 6.45) is 3.58. The van der Waals surface area contributed by atoms with Gasteiger partial charge in [0, 0.05) is 29.0 Å². The number of nitrogens with two attached hydrogens (primary N) is 1. The second-order valence-corrected chi connectivity index (χ2v) is 4.63. The van der Waals surface area contributed by atoms with Gasteiger partial charge in [-0.15, -0.1) is 11.3 Å². The van der Waals surface area contributed by atoms with Crippen LogP contribution in [0.5, 0.6) is 0 Å². The molecule has 3 rings (SSSR count). The number of aromatic nitrogens is 2. The maximum Gasteiger partial charge on any atom is 0.0818 e. The quantitative estimate of drug-likeness (QED) is 0.712. The van der Waals surface area contributed by atoms with Crippen LogP contribution in [0.4, 0.5) is 5.69 Å². The van der Waals surface area contributed by atoms with Crippen LogP contribution in [0.15, 0.2) is 53.6 Å². The third-order valence-corrected chi connectivity index (χ3v) is 3.33. The standard InChI is InChI=1S/C14H11N3S/c15-11-1-2-12(10-3-5-16-6-4-10)13(7-11)14-8-18-9-17-14/h1-9H,15H2. The highest BCUT2D eigenvalue weighted by Gasteiger charge is 2.09. The molecule has 1 aromatic carbocycles. The fourth-order valence-electron chi connectivity index (χ4n) is 1.90. The second kappa shape index (κ2) is 4.58. The van der Waals surface area contributed by atoms with Crippen molar-refractivity contribution >= 4 is 17.0 Å². The Balaban J connectivity index is 2.21. The first kappa shape index (κ1) is 10.9. The molecule has 3 aromatic rings. The number of nitrogens with zero attached hydrogens (tertiary/aromatic N) is 2. The van der Waals surface area contributed by atoms with E-state index in [1.807, 2.05) is 41.2 Å². The fraction of sp³-hybridized carbons (Fsp3) is 0. The Hall–Kier alpha value is -2.20. The molecule has 0 unspecified atom stereocenters. The van der Waals surface area contributed by atoms with Crippen LogP contribution < -0.4 is 5.73 Å². The van der Waals surface area contributed by atoms with Gasteiger partial charge in [-0.1, -0.05) is 6.07 Å². The largest absolute Gasteiger partial charge is 0.399 e. The van der Waals surface area contributed by atoms with Gasteiger partial charge in [0.2, 0.25) is 0 Å². The first-order valence-corrected chi connectivity index (χ1v) is 6.47. The summed E-state index contributed by atoms with van der Waals surface area (Å²) >= 11 is 1.58. The summed E-state index contributed by atoms with van der Waals surface area (Å²) in [5.74, 6) is 0. The van der Waals surface area contributed by atoms with Gasteiger partial charge in [-0.25, -0.2) is 4.98 Å². The van der Waals surface area contributed by atoms with Crippen molar-refractivity contribution in [2.45, 2.75) is 0 Å². The van der Waals surface area contributed by atoms with Crippen LogP contribution in [0.25, 0.3) is 22.4 Å². The molecule has 0 aliphatic heterocycles. The van der Waals surface area contributed by atoms with Crippen molar-refractivity contribution in [1.29, 1.82) is 0 Å². The second-order valence-electron chi connectivity index (χ2n) is 3.91. The van der Waals surface area contributed by atoms with Crippen molar-refractivity contribution in [2.75, 3.05) is 5.73 Å². The van der Waals surface area contributed by atoms with Crippen molar-refractivity contribution in [3.63, 3.8) is 0 Å². The summed E-state index contributed by atoms with van der Waals surface area (Å²) in [6, 6.07) is 9.87. The van der Waals surface area contributed by atoms with Crippen LogP contribution in [0.2, 0.25) is 0 Å². The van der Waals surface area contributed by atoms with Gasteiger partial charge in [-0.2, -0.15) is 0 Å². The van der Waals surface area contributed by atoms with Crippen LogP contribution in [0.1, 0.15) is 0 Å². The molecular weight excluding hydrogens is 242 g/mol. The van der Waals surface area contributed by atoms with Gasteiger partial charge >= 0.3 is 0 Å². The SMILES string of the molecule is Nc1ccc(-c2ccncc2)c(-c2cscn2)c1. The Morgan fingerprint density at radius 3 is 2.56 bits per heavy atom. The number of hydrogen-bond donors (Lipinski definition) is 1. The molecule has 0 amide bonds. The molecule has 2 aromatic heterocycles. The molecule has 18 heavy (non-hydrogen) atoms. The van der Waals surface area contributed by atoms with Gasteiger partial charge in [-0.3, -0.25) is 4.98 Å². The molecule has 3 nitrogen and oxygen atoms in total. The summed E-state index contributed by atoms with van der Waals surface area (Å²) in [4.78, 5) is 8.40. The predicted molar refractivity (Wildman–Crippen MR) is 75.2 cm³/mol. The number of nitrogen functional groups attached to an aromatic ring is 1. The first-order valence-electron chi connectivity index (χ1n) is 5.53. The van der Waals surface area contributed by atoms with Crippen molar-refractivity contribution in [3.8, 4) is 22.4 Å². The minimum Gasteiger partial charge on any atom is -0.399 e. The predicted octanol–water partition coefficient (Wildman–Crippen LogP) is 3.45. The van der Waals surface area contributed by atoms with Crippen molar-refractivity contribution in [1.82, 2.24) is 9.97 Å². The number of hydrogen-bond acceptors (Lipinski definition) is 4. The zero-order valence-corrected chi connectivity index (χ0v) is 10.4. The van der Waals surface area contributed by atoms with Crippen LogP contribution in [0.3, 0.4) is 0 Å². The molecule has 0 aliphatic carbocycles. The van der Waals surface area contributed by atoms with Gasteiger partial charge in [0.1, 0.15) is 0 Å². The lowest BCUT2D eigenvalue weighted by atomic mass is 9.98. The lowest BCUT2D eigenvalue weighted by Gasteiger charge is -2.08. The first-order chi connectivity index (χ1) is 8.84. The van der Waals surface area contributed by atoms with E-state index in [1.54, 1.807) is 23.7 Å². The Labute approximate surface area is 109 Å². The average Bonchev–Trinajstić information content (AvgIpc) is 2.93. The Bertz CT molecular complexity index is 648. The Morgan fingerprint density at radius 2 is 1.83 bits per heavy atom. The highest BCUT2D eigenvalue weighted by molar-refractivity contribution is 7.07. The van der Waals surface area contributed by atoms with Crippen molar-refractivity contribution in [2.24, 2.45) is 0 Å². The van der Waals surface area contributed by atoms with E-state index < -0.39 is 0 Å². The molecule has 0 atom stereocenters. The number of thiazole rings is 1. The van der Waals surface area contributed by atoms with E-state index in [0.717, 1.165) is 28.1 Å². The minimum absolute atomic E-state index is 0.746. The summed E-state index contributed by atoms with van der Waals surface area (Å²) < 4.78 is 0.